The maximum atomic E-state index is 11.7. The van der Waals surface area contributed by atoms with E-state index < -0.39 is 17.7 Å². The number of nitrogens with zero attached hydrogens (tertiary/aromatic N) is 1. The van der Waals surface area contributed by atoms with Gasteiger partial charge in [-0.1, -0.05) is 0 Å². The van der Waals surface area contributed by atoms with E-state index in [0.717, 1.165) is 5.56 Å². The van der Waals surface area contributed by atoms with E-state index in [1.807, 2.05) is 13.0 Å². The number of hydrogen-bond donors (Lipinski definition) is 2. The van der Waals surface area contributed by atoms with E-state index in [0.29, 0.717) is 5.82 Å². The van der Waals surface area contributed by atoms with Crippen LogP contribution in [-0.4, -0.2) is 29.8 Å². The quantitative estimate of drug-likeness (QED) is 0.655. The summed E-state index contributed by atoms with van der Waals surface area (Å²) in [6.07, 6.45) is 2.19. The van der Waals surface area contributed by atoms with Crippen molar-refractivity contribution in [2.75, 3.05) is 12.4 Å². The number of esters is 1. The van der Waals surface area contributed by atoms with Gasteiger partial charge in [-0.25, -0.2) is 14.6 Å². The largest absolute Gasteiger partial charge is 0.464 e. The van der Waals surface area contributed by atoms with E-state index in [2.05, 4.69) is 20.4 Å². The van der Waals surface area contributed by atoms with Crippen LogP contribution >= 0.6 is 0 Å². The summed E-state index contributed by atoms with van der Waals surface area (Å²) in [5.74, 6) is -0.168. The number of anilines is 1. The second-order valence-electron chi connectivity index (χ2n) is 5.54. The van der Waals surface area contributed by atoms with Gasteiger partial charge in [-0.2, -0.15) is 0 Å². The third kappa shape index (κ3) is 6.25. The van der Waals surface area contributed by atoms with Gasteiger partial charge >= 0.3 is 12.1 Å². The zero-order valence-electron chi connectivity index (χ0n) is 13.4. The number of nitrogens with one attached hydrogen (secondary N) is 2. The van der Waals surface area contributed by atoms with Gasteiger partial charge in [0.25, 0.3) is 0 Å². The Hall–Kier alpha value is -2.57. The maximum Gasteiger partial charge on any atom is 0.412 e. The van der Waals surface area contributed by atoms with Crippen molar-refractivity contribution >= 4 is 17.9 Å². The molecule has 1 heterocycles. The molecular formula is C15H21N3O4. The molecule has 0 saturated heterocycles. The highest BCUT2D eigenvalue weighted by Gasteiger charge is 2.20. The minimum atomic E-state index is -0.747. The van der Waals surface area contributed by atoms with Crippen LogP contribution in [0, 0.1) is 6.92 Å². The lowest BCUT2D eigenvalue weighted by Crippen LogP contribution is -2.34. The molecular weight excluding hydrogens is 286 g/mol. The zero-order valence-corrected chi connectivity index (χ0v) is 13.4. The fraction of sp³-hybridized carbons (Fsp3) is 0.400. The summed E-state index contributed by atoms with van der Waals surface area (Å²) >= 11 is 0. The van der Waals surface area contributed by atoms with Crippen molar-refractivity contribution in [2.45, 2.75) is 33.3 Å². The molecule has 120 valence electrons. The third-order valence-electron chi connectivity index (χ3n) is 2.32. The molecule has 0 saturated carbocycles. The van der Waals surface area contributed by atoms with E-state index >= 15 is 0 Å². The molecule has 22 heavy (non-hydrogen) atoms. The molecule has 0 spiro atoms. The number of amides is 1. The first kappa shape index (κ1) is 17.5. The van der Waals surface area contributed by atoms with Crippen molar-refractivity contribution in [3.63, 3.8) is 0 Å². The minimum absolute atomic E-state index is 0.0833. The van der Waals surface area contributed by atoms with Crippen LogP contribution in [0.25, 0.3) is 0 Å². The molecule has 0 radical (unpaired) electrons. The Morgan fingerprint density at radius 1 is 1.32 bits per heavy atom. The smallest absolute Gasteiger partial charge is 0.412 e. The Morgan fingerprint density at radius 3 is 2.55 bits per heavy atom. The van der Waals surface area contributed by atoms with Crippen molar-refractivity contribution < 1.29 is 19.1 Å². The summed E-state index contributed by atoms with van der Waals surface area (Å²) in [6, 6.07) is 3.63. The van der Waals surface area contributed by atoms with Gasteiger partial charge in [-0.3, -0.25) is 5.32 Å². The van der Waals surface area contributed by atoms with E-state index in [1.165, 1.54) is 13.3 Å². The van der Waals surface area contributed by atoms with Crippen LogP contribution in [0.3, 0.4) is 0 Å². The van der Waals surface area contributed by atoms with Crippen molar-refractivity contribution in [2.24, 2.45) is 0 Å². The van der Waals surface area contributed by atoms with Gasteiger partial charge in [0.1, 0.15) is 17.1 Å². The summed E-state index contributed by atoms with van der Waals surface area (Å²) in [6.45, 7) is 7.09. The fourth-order valence-electron chi connectivity index (χ4n) is 1.43. The molecule has 0 atom stereocenters. The molecule has 2 N–H and O–H groups in total. The number of aryl methyl sites for hydroxylation is 1. The molecule has 7 heteroatoms. The standard InChI is InChI=1S/C15H21N3O4/c1-10-6-7-16-12(8-10)17-9-11(13(19)21-5)18-14(20)22-15(2,3)4/h6-9H,1-5H3,(H,16,17)(H,18,20)/b11-9-. The van der Waals surface area contributed by atoms with Crippen LogP contribution in [0.5, 0.6) is 0 Å². The van der Waals surface area contributed by atoms with Crippen LogP contribution in [0.1, 0.15) is 26.3 Å². The van der Waals surface area contributed by atoms with E-state index in [9.17, 15) is 9.59 Å². The number of carbonyl (C=O) groups excluding carboxylic acids is 2. The first-order chi connectivity index (χ1) is 10.2. The Bertz CT molecular complexity index is 576. The molecule has 0 aliphatic heterocycles. The van der Waals surface area contributed by atoms with Gasteiger partial charge in [-0.05, 0) is 45.4 Å². The Labute approximate surface area is 129 Å². The molecule has 0 aliphatic carbocycles. The molecule has 1 aromatic rings. The Balaban J connectivity index is 2.82. The predicted molar refractivity (Wildman–Crippen MR) is 82.1 cm³/mol. The lowest BCUT2D eigenvalue weighted by atomic mass is 10.2. The maximum absolute atomic E-state index is 11.7. The number of hydrogen-bond acceptors (Lipinski definition) is 6. The number of aromatic nitrogens is 1. The predicted octanol–water partition coefficient (Wildman–Crippen LogP) is 2.34. The van der Waals surface area contributed by atoms with Gasteiger partial charge in [0.2, 0.25) is 0 Å². The van der Waals surface area contributed by atoms with Gasteiger partial charge in [0, 0.05) is 12.4 Å². The van der Waals surface area contributed by atoms with E-state index in [4.69, 9.17) is 4.74 Å². The molecule has 7 nitrogen and oxygen atoms in total. The van der Waals surface area contributed by atoms with Gasteiger partial charge in [0.15, 0.2) is 0 Å². The SMILES string of the molecule is COC(=O)/C(=C/Nc1cc(C)ccn1)NC(=O)OC(C)(C)C. The van der Waals surface area contributed by atoms with Crippen LogP contribution in [0.2, 0.25) is 0 Å². The highest BCUT2D eigenvalue weighted by molar-refractivity contribution is 5.92. The Kier molecular flexibility index (Phi) is 5.91. The van der Waals surface area contributed by atoms with Crippen molar-refractivity contribution in [1.29, 1.82) is 0 Å². The van der Waals surface area contributed by atoms with Gasteiger partial charge < -0.3 is 14.8 Å². The van der Waals surface area contributed by atoms with Crippen LogP contribution in [0.4, 0.5) is 10.6 Å². The molecule has 1 rings (SSSR count). The average molecular weight is 307 g/mol. The summed E-state index contributed by atoms with van der Waals surface area (Å²) < 4.78 is 9.71. The van der Waals surface area contributed by atoms with Crippen LogP contribution in [-0.2, 0) is 14.3 Å². The lowest BCUT2D eigenvalue weighted by molar-refractivity contribution is -0.136. The highest BCUT2D eigenvalue weighted by Crippen LogP contribution is 2.09. The number of methoxy groups -OCH3 is 1. The average Bonchev–Trinajstić information content (AvgIpc) is 2.40. The topological polar surface area (TPSA) is 89.5 Å². The van der Waals surface area contributed by atoms with Crippen molar-refractivity contribution in [3.05, 3.63) is 35.8 Å². The second kappa shape index (κ2) is 7.44. The van der Waals surface area contributed by atoms with E-state index in [1.54, 1.807) is 33.0 Å². The van der Waals surface area contributed by atoms with E-state index in [-0.39, 0.29) is 5.70 Å². The molecule has 1 amide bonds. The van der Waals surface area contributed by atoms with Crippen molar-refractivity contribution in [3.8, 4) is 0 Å². The summed E-state index contributed by atoms with van der Waals surface area (Å²) in [7, 11) is 1.22. The fourth-order valence-corrected chi connectivity index (χ4v) is 1.43. The van der Waals surface area contributed by atoms with Gasteiger partial charge in [0.05, 0.1) is 7.11 Å². The van der Waals surface area contributed by atoms with Crippen LogP contribution < -0.4 is 10.6 Å². The summed E-state index contributed by atoms with van der Waals surface area (Å²) in [5.41, 5.74) is 0.252. The molecule has 0 unspecified atom stereocenters. The highest BCUT2D eigenvalue weighted by atomic mass is 16.6. The molecule has 0 fully saturated rings. The van der Waals surface area contributed by atoms with Gasteiger partial charge in [-0.15, -0.1) is 0 Å². The number of alkyl carbamates (subject to hydrolysis) is 1. The Morgan fingerprint density at radius 2 is 2.00 bits per heavy atom. The summed E-state index contributed by atoms with van der Waals surface area (Å²) in [4.78, 5) is 27.5. The number of pyridine rings is 1. The molecule has 1 aromatic heterocycles. The minimum Gasteiger partial charge on any atom is -0.464 e. The molecule has 0 bridgehead atoms. The first-order valence-electron chi connectivity index (χ1n) is 6.69. The lowest BCUT2D eigenvalue weighted by Gasteiger charge is -2.20. The van der Waals surface area contributed by atoms with Crippen LogP contribution in [0.15, 0.2) is 30.2 Å². The normalized spacial score (nSPS) is 11.6. The van der Waals surface area contributed by atoms with Crippen molar-refractivity contribution in [1.82, 2.24) is 10.3 Å². The molecule has 0 aliphatic rings. The second-order valence-corrected chi connectivity index (χ2v) is 5.54. The number of carbonyl (C=O) groups is 2. The first-order valence-corrected chi connectivity index (χ1v) is 6.69. The zero-order chi connectivity index (χ0) is 16.8. The summed E-state index contributed by atoms with van der Waals surface area (Å²) in [5, 5.41) is 5.17. The number of rotatable bonds is 4. The monoisotopic (exact) mass is 307 g/mol. The molecule has 0 aromatic carbocycles. The number of ether oxygens (including phenoxy) is 2. The third-order valence-corrected chi connectivity index (χ3v) is 2.32.